The third-order valence-corrected chi connectivity index (χ3v) is 8.00. The van der Waals surface area contributed by atoms with Gasteiger partial charge in [0, 0.05) is 28.2 Å². The maximum Gasteiger partial charge on any atom is 0.233 e. The lowest BCUT2D eigenvalue weighted by molar-refractivity contribution is 0.0698. The average molecular weight is 444 g/mol. The van der Waals surface area contributed by atoms with Gasteiger partial charge < -0.3 is 9.63 Å². The molecular formula is C26H29N5O2. The van der Waals surface area contributed by atoms with Crippen molar-refractivity contribution in [1.29, 1.82) is 0 Å². The van der Waals surface area contributed by atoms with Gasteiger partial charge in [0.05, 0.1) is 5.60 Å². The van der Waals surface area contributed by atoms with Crippen LogP contribution in [0.1, 0.15) is 75.2 Å². The largest absolute Gasteiger partial charge is 0.386 e. The van der Waals surface area contributed by atoms with Crippen molar-refractivity contribution in [3.05, 3.63) is 65.4 Å². The van der Waals surface area contributed by atoms with Gasteiger partial charge in [-0.05, 0) is 65.4 Å². The number of hydrogen-bond donors (Lipinski definition) is 1. The van der Waals surface area contributed by atoms with Crippen molar-refractivity contribution in [3.63, 3.8) is 0 Å². The molecule has 3 heterocycles. The van der Waals surface area contributed by atoms with Gasteiger partial charge in [0.2, 0.25) is 11.7 Å². The number of nitrogens with zero attached hydrogens (tertiary/aromatic N) is 5. The van der Waals surface area contributed by atoms with Crippen molar-refractivity contribution in [2.45, 2.75) is 75.7 Å². The fourth-order valence-electron chi connectivity index (χ4n) is 5.86. The Hall–Kier alpha value is -3.06. The molecule has 2 bridgehead atoms. The number of pyridine rings is 1. The molecule has 33 heavy (non-hydrogen) atoms. The van der Waals surface area contributed by atoms with Crippen LogP contribution in [0.4, 0.5) is 0 Å². The third-order valence-electron chi connectivity index (χ3n) is 8.00. The number of fused-ring (bicyclic) bond motifs is 4. The Morgan fingerprint density at radius 1 is 0.939 bits per heavy atom. The van der Waals surface area contributed by atoms with Crippen molar-refractivity contribution in [2.75, 3.05) is 0 Å². The molecule has 3 aliphatic carbocycles. The summed E-state index contributed by atoms with van der Waals surface area (Å²) < 4.78 is 7.92. The van der Waals surface area contributed by atoms with Gasteiger partial charge in [-0.1, -0.05) is 41.1 Å². The zero-order valence-corrected chi connectivity index (χ0v) is 19.4. The molecule has 7 rings (SSSR count). The van der Waals surface area contributed by atoms with Crippen molar-refractivity contribution >= 4 is 5.65 Å². The van der Waals surface area contributed by atoms with E-state index in [-0.39, 0.29) is 10.8 Å². The number of aryl methyl sites for hydroxylation is 1. The van der Waals surface area contributed by atoms with Gasteiger partial charge in [-0.15, -0.1) is 10.2 Å². The zero-order chi connectivity index (χ0) is 22.8. The maximum absolute atomic E-state index is 10.6. The molecule has 0 radical (unpaired) electrons. The van der Waals surface area contributed by atoms with Crippen LogP contribution in [0.15, 0.2) is 47.1 Å². The van der Waals surface area contributed by atoms with Gasteiger partial charge in [-0.25, -0.2) is 0 Å². The highest BCUT2D eigenvalue weighted by Crippen LogP contribution is 2.58. The fraction of sp³-hybridized carbons (Fsp3) is 0.462. The molecule has 0 unspecified atom stereocenters. The summed E-state index contributed by atoms with van der Waals surface area (Å²) in [6.07, 6.45) is 8.08. The minimum atomic E-state index is -0.966. The quantitative estimate of drug-likeness (QED) is 0.485. The fourth-order valence-corrected chi connectivity index (χ4v) is 5.86. The summed E-state index contributed by atoms with van der Waals surface area (Å²) in [5.41, 5.74) is 2.74. The highest BCUT2D eigenvalue weighted by molar-refractivity contribution is 5.55. The summed E-state index contributed by atoms with van der Waals surface area (Å²) in [5.74, 6) is 2.47. The first-order chi connectivity index (χ1) is 15.8. The van der Waals surface area contributed by atoms with Crippen LogP contribution in [0.3, 0.4) is 0 Å². The first kappa shape index (κ1) is 20.5. The molecule has 0 spiro atoms. The van der Waals surface area contributed by atoms with Crippen LogP contribution in [-0.4, -0.2) is 29.8 Å². The second-order valence-electron chi connectivity index (χ2n) is 10.5. The molecule has 1 N–H and O–H groups in total. The van der Waals surface area contributed by atoms with E-state index in [1.165, 1.54) is 5.56 Å². The Bertz CT molecular complexity index is 1300. The van der Waals surface area contributed by atoms with E-state index >= 15 is 0 Å². The molecular weight excluding hydrogens is 414 g/mol. The standard InChI is InChI=1S/C26H29N5O2/c1-17-6-8-18(9-7-17)20-27-23(33-30-20)26-13-10-25(11-14-26,12-15-26)22-29-28-21-19(24(2,3)32)5-4-16-31(21)22/h4-9,16,32H,10-15H2,1-3H3. The molecule has 3 saturated carbocycles. The molecule has 0 aliphatic heterocycles. The highest BCUT2D eigenvalue weighted by Gasteiger charge is 2.54. The Morgan fingerprint density at radius 3 is 2.27 bits per heavy atom. The Kier molecular flexibility index (Phi) is 4.34. The van der Waals surface area contributed by atoms with E-state index in [2.05, 4.69) is 38.8 Å². The summed E-state index contributed by atoms with van der Waals surface area (Å²) in [5, 5.41) is 24.1. The molecule has 7 heteroatoms. The van der Waals surface area contributed by atoms with Crippen LogP contribution < -0.4 is 0 Å². The summed E-state index contributed by atoms with van der Waals surface area (Å²) in [6, 6.07) is 12.2. The van der Waals surface area contributed by atoms with Crippen LogP contribution in [0.2, 0.25) is 0 Å². The van der Waals surface area contributed by atoms with E-state index < -0.39 is 5.60 Å². The predicted octanol–water partition coefficient (Wildman–Crippen LogP) is 4.86. The van der Waals surface area contributed by atoms with Gasteiger partial charge >= 0.3 is 0 Å². The van der Waals surface area contributed by atoms with Crippen LogP contribution in [0.5, 0.6) is 0 Å². The van der Waals surface area contributed by atoms with Crippen molar-refractivity contribution in [2.24, 2.45) is 0 Å². The number of aromatic nitrogens is 5. The van der Waals surface area contributed by atoms with E-state index in [1.54, 1.807) is 13.8 Å². The van der Waals surface area contributed by atoms with Crippen molar-refractivity contribution < 1.29 is 9.63 Å². The Morgan fingerprint density at radius 2 is 1.61 bits per heavy atom. The van der Waals surface area contributed by atoms with Gasteiger partial charge in [-0.3, -0.25) is 4.40 Å². The molecule has 170 valence electrons. The summed E-state index contributed by atoms with van der Waals surface area (Å²) >= 11 is 0. The zero-order valence-electron chi connectivity index (χ0n) is 19.4. The van der Waals surface area contributed by atoms with E-state index in [1.807, 2.05) is 30.5 Å². The number of benzene rings is 1. The lowest BCUT2D eigenvalue weighted by Gasteiger charge is -2.50. The molecule has 0 amide bonds. The van der Waals surface area contributed by atoms with Crippen molar-refractivity contribution in [1.82, 2.24) is 24.7 Å². The van der Waals surface area contributed by atoms with E-state index in [9.17, 15) is 5.11 Å². The Balaban J connectivity index is 1.29. The summed E-state index contributed by atoms with van der Waals surface area (Å²) in [4.78, 5) is 4.84. The van der Waals surface area contributed by atoms with Gasteiger partial charge in [-0.2, -0.15) is 4.98 Å². The second-order valence-corrected chi connectivity index (χ2v) is 10.5. The predicted molar refractivity (Wildman–Crippen MR) is 124 cm³/mol. The third kappa shape index (κ3) is 3.13. The first-order valence-corrected chi connectivity index (χ1v) is 11.8. The first-order valence-electron chi connectivity index (χ1n) is 11.8. The normalized spacial score (nSPS) is 25.1. The summed E-state index contributed by atoms with van der Waals surface area (Å²) in [7, 11) is 0. The van der Waals surface area contributed by atoms with Crippen LogP contribution >= 0.6 is 0 Å². The minimum absolute atomic E-state index is 0.000797. The lowest BCUT2D eigenvalue weighted by atomic mass is 9.53. The van der Waals surface area contributed by atoms with Crippen LogP contribution in [0.25, 0.3) is 17.0 Å². The topological polar surface area (TPSA) is 89.3 Å². The van der Waals surface area contributed by atoms with Gasteiger partial charge in [0.25, 0.3) is 0 Å². The lowest BCUT2D eigenvalue weighted by Crippen LogP contribution is -2.47. The maximum atomic E-state index is 10.6. The molecule has 3 aliphatic rings. The molecule has 0 atom stereocenters. The second kappa shape index (κ2) is 6.97. The van der Waals surface area contributed by atoms with E-state index in [0.29, 0.717) is 5.82 Å². The van der Waals surface area contributed by atoms with E-state index in [4.69, 9.17) is 9.51 Å². The van der Waals surface area contributed by atoms with E-state index in [0.717, 1.165) is 67.0 Å². The molecule has 7 nitrogen and oxygen atoms in total. The number of aliphatic hydroxyl groups is 1. The smallest absolute Gasteiger partial charge is 0.233 e. The minimum Gasteiger partial charge on any atom is -0.386 e. The molecule has 0 saturated heterocycles. The van der Waals surface area contributed by atoms with Crippen LogP contribution in [-0.2, 0) is 16.4 Å². The number of rotatable bonds is 4. The molecule has 3 aromatic heterocycles. The Labute approximate surface area is 192 Å². The molecule has 1 aromatic carbocycles. The van der Waals surface area contributed by atoms with Gasteiger partial charge in [0.15, 0.2) is 5.65 Å². The average Bonchev–Trinajstić information content (AvgIpc) is 3.48. The van der Waals surface area contributed by atoms with Crippen molar-refractivity contribution in [3.8, 4) is 11.4 Å². The van der Waals surface area contributed by atoms with Gasteiger partial charge in [0.1, 0.15) is 5.82 Å². The molecule has 4 aromatic rings. The van der Waals surface area contributed by atoms with Crippen LogP contribution in [0, 0.1) is 6.92 Å². The summed E-state index contributed by atoms with van der Waals surface area (Å²) in [6.45, 7) is 5.66. The monoisotopic (exact) mass is 443 g/mol. The molecule has 3 fully saturated rings. The number of hydrogen-bond acceptors (Lipinski definition) is 6. The highest BCUT2D eigenvalue weighted by atomic mass is 16.5. The SMILES string of the molecule is Cc1ccc(-c2noc(C34CCC(c5nnc6c(C(C)(C)O)cccn56)(CC3)CC4)n2)cc1.